The zero-order chi connectivity index (χ0) is 11.6. The molecule has 0 atom stereocenters. The molecule has 0 amide bonds. The SMILES string of the molecule is CCOC(=O)c1cc(C)n(C)c(=O)c1O. The van der Waals surface area contributed by atoms with E-state index in [0.717, 1.165) is 0 Å². The zero-order valence-electron chi connectivity index (χ0n) is 8.90. The van der Waals surface area contributed by atoms with Crippen LogP contribution < -0.4 is 5.56 Å². The third-order valence-electron chi connectivity index (χ3n) is 2.14. The standard InChI is InChI=1S/C10H13NO4/c1-4-15-10(14)7-5-6(2)11(3)9(13)8(7)12/h5,12H,4H2,1-3H3. The van der Waals surface area contributed by atoms with Crippen molar-refractivity contribution in [1.82, 2.24) is 4.57 Å². The highest BCUT2D eigenvalue weighted by molar-refractivity contribution is 5.92. The first kappa shape index (κ1) is 11.3. The van der Waals surface area contributed by atoms with Crippen molar-refractivity contribution in [3.8, 4) is 5.75 Å². The molecule has 0 saturated heterocycles. The van der Waals surface area contributed by atoms with Gasteiger partial charge in [-0.05, 0) is 19.9 Å². The maximum absolute atomic E-state index is 11.4. The molecule has 0 aliphatic carbocycles. The van der Waals surface area contributed by atoms with Gasteiger partial charge in [0.2, 0.25) is 0 Å². The van der Waals surface area contributed by atoms with E-state index in [-0.39, 0.29) is 12.2 Å². The Morgan fingerprint density at radius 3 is 2.73 bits per heavy atom. The number of pyridine rings is 1. The summed E-state index contributed by atoms with van der Waals surface area (Å²) in [6.45, 7) is 3.53. The molecule has 0 saturated carbocycles. The summed E-state index contributed by atoms with van der Waals surface area (Å²) < 4.78 is 5.97. The molecule has 5 heteroatoms. The van der Waals surface area contributed by atoms with Gasteiger partial charge in [0.05, 0.1) is 6.61 Å². The Morgan fingerprint density at radius 1 is 1.60 bits per heavy atom. The number of ether oxygens (including phenoxy) is 1. The summed E-state index contributed by atoms with van der Waals surface area (Å²) in [5, 5.41) is 9.47. The van der Waals surface area contributed by atoms with E-state index in [2.05, 4.69) is 0 Å². The number of hydrogen-bond acceptors (Lipinski definition) is 4. The maximum atomic E-state index is 11.4. The molecule has 0 bridgehead atoms. The van der Waals surface area contributed by atoms with Crippen molar-refractivity contribution in [1.29, 1.82) is 0 Å². The van der Waals surface area contributed by atoms with Crippen LogP contribution in [0.25, 0.3) is 0 Å². The summed E-state index contributed by atoms with van der Waals surface area (Å²) in [4.78, 5) is 22.8. The van der Waals surface area contributed by atoms with Crippen molar-refractivity contribution in [2.75, 3.05) is 6.61 Å². The Hall–Kier alpha value is -1.78. The molecule has 1 aromatic heterocycles. The highest BCUT2D eigenvalue weighted by Gasteiger charge is 2.17. The maximum Gasteiger partial charge on any atom is 0.342 e. The van der Waals surface area contributed by atoms with Crippen molar-refractivity contribution in [3.63, 3.8) is 0 Å². The minimum atomic E-state index is -0.684. The third kappa shape index (κ3) is 2.01. The van der Waals surface area contributed by atoms with Crippen LogP contribution in [0.3, 0.4) is 0 Å². The summed E-state index contributed by atoms with van der Waals surface area (Å²) in [5.74, 6) is -1.25. The molecule has 0 fully saturated rings. The van der Waals surface area contributed by atoms with Crippen molar-refractivity contribution >= 4 is 5.97 Å². The Kier molecular flexibility index (Phi) is 3.14. The molecule has 0 unspecified atom stereocenters. The van der Waals surface area contributed by atoms with Gasteiger partial charge in [0, 0.05) is 12.7 Å². The first-order chi connectivity index (χ1) is 6.99. The summed E-state index contributed by atoms with van der Waals surface area (Å²) in [6, 6.07) is 1.43. The van der Waals surface area contributed by atoms with Gasteiger partial charge in [-0.15, -0.1) is 0 Å². The normalized spacial score (nSPS) is 10.1. The summed E-state index contributed by atoms with van der Waals surface area (Å²) in [6.07, 6.45) is 0. The number of aromatic nitrogens is 1. The highest BCUT2D eigenvalue weighted by atomic mass is 16.5. The van der Waals surface area contributed by atoms with Crippen molar-refractivity contribution in [2.24, 2.45) is 7.05 Å². The van der Waals surface area contributed by atoms with Crippen LogP contribution in [0, 0.1) is 6.92 Å². The molecule has 15 heavy (non-hydrogen) atoms. The molecular formula is C10H13NO4. The van der Waals surface area contributed by atoms with E-state index in [0.29, 0.717) is 5.69 Å². The second-order valence-corrected chi connectivity index (χ2v) is 3.13. The predicted octanol–water partition coefficient (Wildman–Crippen LogP) is 0.576. The number of aryl methyl sites for hydroxylation is 1. The Balaban J connectivity index is 3.33. The van der Waals surface area contributed by atoms with Crippen molar-refractivity contribution in [2.45, 2.75) is 13.8 Å². The fourth-order valence-electron chi connectivity index (χ4n) is 1.17. The first-order valence-electron chi connectivity index (χ1n) is 4.55. The van der Waals surface area contributed by atoms with Crippen molar-refractivity contribution in [3.05, 3.63) is 27.7 Å². The smallest absolute Gasteiger partial charge is 0.342 e. The zero-order valence-corrected chi connectivity index (χ0v) is 8.90. The molecule has 0 radical (unpaired) electrons. The van der Waals surface area contributed by atoms with E-state index in [1.165, 1.54) is 17.7 Å². The largest absolute Gasteiger partial charge is 0.502 e. The quantitative estimate of drug-likeness (QED) is 0.726. The Morgan fingerprint density at radius 2 is 2.20 bits per heavy atom. The molecule has 5 nitrogen and oxygen atoms in total. The minimum Gasteiger partial charge on any atom is -0.502 e. The molecule has 0 aliphatic rings. The number of carbonyl (C=O) groups excluding carboxylic acids is 1. The van der Waals surface area contributed by atoms with Crippen LogP contribution in [0.5, 0.6) is 5.75 Å². The fraction of sp³-hybridized carbons (Fsp3) is 0.400. The summed E-state index contributed by atoms with van der Waals surface area (Å²) in [7, 11) is 1.52. The lowest BCUT2D eigenvalue weighted by atomic mass is 10.2. The Bertz CT molecular complexity index is 447. The molecule has 1 rings (SSSR count). The van der Waals surface area contributed by atoms with Gasteiger partial charge >= 0.3 is 5.97 Å². The van der Waals surface area contributed by atoms with Crippen LogP contribution in [0.4, 0.5) is 0 Å². The average molecular weight is 211 g/mol. The Labute approximate surface area is 86.9 Å². The lowest BCUT2D eigenvalue weighted by molar-refractivity contribution is 0.0522. The van der Waals surface area contributed by atoms with Gasteiger partial charge in [0.25, 0.3) is 5.56 Å². The molecule has 1 heterocycles. The minimum absolute atomic E-state index is 0.0857. The van der Waals surface area contributed by atoms with Gasteiger partial charge in [-0.25, -0.2) is 4.79 Å². The van der Waals surface area contributed by atoms with Crippen LogP contribution in [-0.2, 0) is 11.8 Å². The van der Waals surface area contributed by atoms with Gasteiger partial charge in [0.1, 0.15) is 5.56 Å². The van der Waals surface area contributed by atoms with Gasteiger partial charge in [-0.2, -0.15) is 0 Å². The van der Waals surface area contributed by atoms with E-state index < -0.39 is 17.3 Å². The lowest BCUT2D eigenvalue weighted by Crippen LogP contribution is -2.21. The number of aromatic hydroxyl groups is 1. The van der Waals surface area contributed by atoms with Crippen molar-refractivity contribution < 1.29 is 14.6 Å². The summed E-state index contributed by atoms with van der Waals surface area (Å²) in [5.41, 5.74) is -0.101. The fourth-order valence-corrected chi connectivity index (χ4v) is 1.17. The highest BCUT2D eigenvalue weighted by Crippen LogP contribution is 2.13. The van der Waals surface area contributed by atoms with E-state index >= 15 is 0 Å². The number of hydrogen-bond donors (Lipinski definition) is 1. The summed E-state index contributed by atoms with van der Waals surface area (Å²) >= 11 is 0. The third-order valence-corrected chi connectivity index (χ3v) is 2.14. The molecule has 0 aliphatic heterocycles. The number of rotatable bonds is 2. The predicted molar refractivity (Wildman–Crippen MR) is 54.0 cm³/mol. The second kappa shape index (κ2) is 4.16. The van der Waals surface area contributed by atoms with Gasteiger partial charge in [-0.3, -0.25) is 4.79 Å². The molecule has 0 aromatic carbocycles. The van der Waals surface area contributed by atoms with Gasteiger partial charge < -0.3 is 14.4 Å². The lowest BCUT2D eigenvalue weighted by Gasteiger charge is -2.08. The first-order valence-corrected chi connectivity index (χ1v) is 4.55. The molecule has 82 valence electrons. The van der Waals surface area contributed by atoms with E-state index in [1.807, 2.05) is 0 Å². The van der Waals surface area contributed by atoms with Gasteiger partial charge in [-0.1, -0.05) is 0 Å². The molecule has 1 N–H and O–H groups in total. The molecule has 0 spiro atoms. The van der Waals surface area contributed by atoms with E-state index in [9.17, 15) is 14.7 Å². The van der Waals surface area contributed by atoms with Gasteiger partial charge in [0.15, 0.2) is 5.75 Å². The van der Waals surface area contributed by atoms with Crippen LogP contribution >= 0.6 is 0 Å². The topological polar surface area (TPSA) is 68.5 Å². The van der Waals surface area contributed by atoms with Crippen LogP contribution in [0.15, 0.2) is 10.9 Å². The average Bonchev–Trinajstić information content (AvgIpc) is 2.20. The second-order valence-electron chi connectivity index (χ2n) is 3.13. The molecule has 1 aromatic rings. The number of carbonyl (C=O) groups is 1. The monoisotopic (exact) mass is 211 g/mol. The number of nitrogens with zero attached hydrogens (tertiary/aromatic N) is 1. The number of esters is 1. The molecular weight excluding hydrogens is 198 g/mol. The van der Waals surface area contributed by atoms with E-state index in [4.69, 9.17) is 4.74 Å². The van der Waals surface area contributed by atoms with Crippen LogP contribution in [-0.4, -0.2) is 22.2 Å². The van der Waals surface area contributed by atoms with Crippen LogP contribution in [0.2, 0.25) is 0 Å². The van der Waals surface area contributed by atoms with Crippen LogP contribution in [0.1, 0.15) is 23.0 Å². The van der Waals surface area contributed by atoms with E-state index in [1.54, 1.807) is 13.8 Å².